The van der Waals surface area contributed by atoms with Gasteiger partial charge in [0.15, 0.2) is 0 Å². The van der Waals surface area contributed by atoms with E-state index in [1.165, 1.54) is 6.42 Å². The van der Waals surface area contributed by atoms with Crippen molar-refractivity contribution in [2.45, 2.75) is 52.1 Å². The summed E-state index contributed by atoms with van der Waals surface area (Å²) in [5.41, 5.74) is 1.53. The lowest BCUT2D eigenvalue weighted by atomic mass is 9.83. The number of nitrogens with one attached hydrogen (secondary N) is 1. The van der Waals surface area contributed by atoms with E-state index >= 15 is 0 Å². The summed E-state index contributed by atoms with van der Waals surface area (Å²) in [4.78, 5) is 12.6. The Morgan fingerprint density at radius 1 is 1.26 bits per heavy atom. The number of nitrogens with zero attached hydrogens (tertiary/aromatic N) is 4. The monoisotopic (exact) mass is 315 g/mol. The van der Waals surface area contributed by atoms with E-state index < -0.39 is 0 Å². The van der Waals surface area contributed by atoms with Crippen molar-refractivity contribution < 1.29 is 4.79 Å². The van der Waals surface area contributed by atoms with Crippen LogP contribution in [0, 0.1) is 5.41 Å². The van der Waals surface area contributed by atoms with Gasteiger partial charge in [-0.3, -0.25) is 14.2 Å². The number of hydrogen-bond acceptors (Lipinski definition) is 3. The predicted molar refractivity (Wildman–Crippen MR) is 88.0 cm³/mol. The van der Waals surface area contributed by atoms with E-state index in [0.717, 1.165) is 18.4 Å². The number of hydrogen-bond donors (Lipinski definition) is 1. The van der Waals surface area contributed by atoms with Crippen LogP contribution >= 0.6 is 0 Å². The molecule has 0 bridgehead atoms. The van der Waals surface area contributed by atoms with Gasteiger partial charge in [0.25, 0.3) is 5.91 Å². The molecule has 1 aliphatic carbocycles. The van der Waals surface area contributed by atoms with E-state index in [-0.39, 0.29) is 17.4 Å². The molecule has 124 valence electrons. The van der Waals surface area contributed by atoms with Gasteiger partial charge < -0.3 is 5.32 Å². The summed E-state index contributed by atoms with van der Waals surface area (Å²) in [6.45, 7) is 6.34. The van der Waals surface area contributed by atoms with Crippen LogP contribution in [0.4, 0.5) is 0 Å². The van der Waals surface area contributed by atoms with Crippen molar-refractivity contribution in [3.63, 3.8) is 0 Å². The Morgan fingerprint density at radius 2 is 2.00 bits per heavy atom. The minimum Gasteiger partial charge on any atom is -0.344 e. The molecule has 6 nitrogen and oxygen atoms in total. The van der Waals surface area contributed by atoms with Crippen LogP contribution in [0.2, 0.25) is 0 Å². The Labute approximate surface area is 136 Å². The maximum atomic E-state index is 12.6. The first kappa shape index (κ1) is 15.8. The lowest BCUT2D eigenvalue weighted by Gasteiger charge is -2.30. The van der Waals surface area contributed by atoms with Gasteiger partial charge in [-0.05, 0) is 24.7 Å². The van der Waals surface area contributed by atoms with Crippen LogP contribution in [0.15, 0.2) is 24.8 Å². The first-order valence-electron chi connectivity index (χ1n) is 8.18. The SMILES string of the molecule is Cn1cc(C(NC(=O)c2cnn(C3CCC3)c2)C(C)(C)C)cn1. The summed E-state index contributed by atoms with van der Waals surface area (Å²) in [7, 11) is 1.88. The van der Waals surface area contributed by atoms with Crippen LogP contribution in [0.3, 0.4) is 0 Å². The van der Waals surface area contributed by atoms with E-state index in [1.807, 2.05) is 30.3 Å². The number of aryl methyl sites for hydroxylation is 1. The molecule has 1 aliphatic rings. The van der Waals surface area contributed by atoms with E-state index in [4.69, 9.17) is 0 Å². The first-order chi connectivity index (χ1) is 10.8. The van der Waals surface area contributed by atoms with Crippen molar-refractivity contribution in [3.8, 4) is 0 Å². The Morgan fingerprint density at radius 3 is 2.52 bits per heavy atom. The topological polar surface area (TPSA) is 64.7 Å². The molecule has 1 atom stereocenters. The molecule has 1 N–H and O–H groups in total. The second-order valence-electron chi connectivity index (χ2n) is 7.51. The Kier molecular flexibility index (Phi) is 4.00. The van der Waals surface area contributed by atoms with Crippen molar-refractivity contribution >= 4 is 5.91 Å². The van der Waals surface area contributed by atoms with Crippen LogP contribution in [0.25, 0.3) is 0 Å². The highest BCUT2D eigenvalue weighted by atomic mass is 16.1. The lowest BCUT2D eigenvalue weighted by Crippen LogP contribution is -2.36. The highest BCUT2D eigenvalue weighted by Crippen LogP contribution is 2.33. The first-order valence-corrected chi connectivity index (χ1v) is 8.18. The molecule has 0 spiro atoms. The second-order valence-corrected chi connectivity index (χ2v) is 7.51. The number of aromatic nitrogens is 4. The third-order valence-corrected chi connectivity index (χ3v) is 4.51. The molecule has 1 unspecified atom stereocenters. The Balaban J connectivity index is 1.76. The van der Waals surface area contributed by atoms with Gasteiger partial charge in [-0.15, -0.1) is 0 Å². The molecular weight excluding hydrogens is 290 g/mol. The van der Waals surface area contributed by atoms with E-state index in [0.29, 0.717) is 11.6 Å². The number of carbonyl (C=O) groups is 1. The van der Waals surface area contributed by atoms with Crippen LogP contribution in [-0.4, -0.2) is 25.5 Å². The second kappa shape index (κ2) is 5.83. The van der Waals surface area contributed by atoms with Gasteiger partial charge in [-0.25, -0.2) is 0 Å². The van der Waals surface area contributed by atoms with Crippen LogP contribution < -0.4 is 5.32 Å². The Bertz CT molecular complexity index is 690. The molecule has 23 heavy (non-hydrogen) atoms. The fourth-order valence-corrected chi connectivity index (χ4v) is 2.91. The normalized spacial score (nSPS) is 16.9. The quantitative estimate of drug-likeness (QED) is 0.943. The molecule has 6 heteroatoms. The van der Waals surface area contributed by atoms with Gasteiger partial charge in [0.2, 0.25) is 0 Å². The van der Waals surface area contributed by atoms with Gasteiger partial charge in [0.1, 0.15) is 0 Å². The van der Waals surface area contributed by atoms with Crippen molar-refractivity contribution in [1.82, 2.24) is 24.9 Å². The fourth-order valence-electron chi connectivity index (χ4n) is 2.91. The zero-order valence-corrected chi connectivity index (χ0v) is 14.3. The number of rotatable bonds is 4. The van der Waals surface area contributed by atoms with Crippen molar-refractivity contribution in [2.24, 2.45) is 12.5 Å². The molecule has 3 rings (SSSR count). The third kappa shape index (κ3) is 3.30. The van der Waals surface area contributed by atoms with Crippen molar-refractivity contribution in [3.05, 3.63) is 35.9 Å². The maximum absolute atomic E-state index is 12.6. The summed E-state index contributed by atoms with van der Waals surface area (Å²) < 4.78 is 3.68. The Hall–Kier alpha value is -2.11. The van der Waals surface area contributed by atoms with Gasteiger partial charge >= 0.3 is 0 Å². The summed E-state index contributed by atoms with van der Waals surface area (Å²) >= 11 is 0. The summed E-state index contributed by atoms with van der Waals surface area (Å²) in [6.07, 6.45) is 10.9. The molecule has 1 saturated carbocycles. The van der Waals surface area contributed by atoms with Crippen molar-refractivity contribution in [2.75, 3.05) is 0 Å². The smallest absolute Gasteiger partial charge is 0.254 e. The number of amides is 1. The van der Waals surface area contributed by atoms with E-state index in [2.05, 4.69) is 36.3 Å². The summed E-state index contributed by atoms with van der Waals surface area (Å²) in [6, 6.07) is 0.365. The minimum atomic E-state index is -0.108. The van der Waals surface area contributed by atoms with Gasteiger partial charge in [0.05, 0.1) is 30.0 Å². The molecule has 1 fully saturated rings. The standard InChI is InChI=1S/C17H25N5O/c1-17(2,3)15(12-8-18-21(4)10-12)20-16(23)13-9-19-22(11-13)14-6-5-7-14/h8-11,14-15H,5-7H2,1-4H3,(H,20,23). The van der Waals surface area contributed by atoms with Gasteiger partial charge in [0, 0.05) is 25.0 Å². The molecule has 0 radical (unpaired) electrons. The predicted octanol–water partition coefficient (Wildman–Crippen LogP) is 2.86. The average molecular weight is 315 g/mol. The highest BCUT2D eigenvalue weighted by Gasteiger charge is 2.30. The summed E-state index contributed by atoms with van der Waals surface area (Å²) in [5.74, 6) is -0.0839. The van der Waals surface area contributed by atoms with E-state index in [1.54, 1.807) is 10.9 Å². The number of carbonyl (C=O) groups excluding carboxylic acids is 1. The van der Waals surface area contributed by atoms with E-state index in [9.17, 15) is 4.79 Å². The maximum Gasteiger partial charge on any atom is 0.254 e. The molecular formula is C17H25N5O. The molecule has 2 aromatic rings. The third-order valence-electron chi connectivity index (χ3n) is 4.51. The zero-order chi connectivity index (χ0) is 16.6. The fraction of sp³-hybridized carbons (Fsp3) is 0.588. The molecule has 0 saturated heterocycles. The minimum absolute atomic E-state index is 0.0839. The van der Waals surface area contributed by atoms with Crippen LogP contribution in [-0.2, 0) is 7.05 Å². The molecule has 2 heterocycles. The largest absolute Gasteiger partial charge is 0.344 e. The summed E-state index contributed by atoms with van der Waals surface area (Å²) in [5, 5.41) is 11.7. The lowest BCUT2D eigenvalue weighted by molar-refractivity contribution is 0.0901. The molecule has 1 amide bonds. The van der Waals surface area contributed by atoms with Gasteiger partial charge in [-0.2, -0.15) is 10.2 Å². The molecule has 2 aromatic heterocycles. The molecule has 0 aliphatic heterocycles. The van der Waals surface area contributed by atoms with Crippen LogP contribution in [0.1, 0.15) is 68.0 Å². The highest BCUT2D eigenvalue weighted by molar-refractivity contribution is 5.94. The van der Waals surface area contributed by atoms with Crippen LogP contribution in [0.5, 0.6) is 0 Å². The zero-order valence-electron chi connectivity index (χ0n) is 14.3. The molecule has 0 aromatic carbocycles. The average Bonchev–Trinajstić information content (AvgIpc) is 3.02. The van der Waals surface area contributed by atoms with Gasteiger partial charge in [-0.1, -0.05) is 20.8 Å². The van der Waals surface area contributed by atoms with Crippen molar-refractivity contribution in [1.29, 1.82) is 0 Å².